The van der Waals surface area contributed by atoms with Crippen molar-refractivity contribution >= 4 is 0 Å². The van der Waals surface area contributed by atoms with E-state index in [2.05, 4.69) is 125 Å². The molecule has 0 unspecified atom stereocenters. The summed E-state index contributed by atoms with van der Waals surface area (Å²) in [7, 11) is 3.42. The molecule has 0 amide bonds. The Labute approximate surface area is 251 Å². The molecule has 0 aliphatic heterocycles. The molecule has 5 aromatic rings. The first-order chi connectivity index (χ1) is 19.8. The summed E-state index contributed by atoms with van der Waals surface area (Å²) in [5, 5.41) is 0. The molecular formula is C38H44N2O2. The van der Waals surface area contributed by atoms with Crippen LogP contribution in [0.4, 0.5) is 0 Å². The summed E-state index contributed by atoms with van der Waals surface area (Å²) < 4.78 is 15.8. The first-order valence-electron chi connectivity index (χ1n) is 14.7. The maximum Gasteiger partial charge on any atom is 0.118 e. The lowest BCUT2D eigenvalue weighted by Crippen LogP contribution is -2.27. The molecule has 0 saturated heterocycles. The Hall–Kier alpha value is -4.18. The van der Waals surface area contributed by atoms with Crippen molar-refractivity contribution in [2.75, 3.05) is 14.2 Å². The van der Waals surface area contributed by atoms with Crippen LogP contribution in [0.2, 0.25) is 0 Å². The van der Waals surface area contributed by atoms with Crippen molar-refractivity contribution in [1.82, 2.24) is 9.36 Å². The molecule has 5 rings (SSSR count). The van der Waals surface area contributed by atoms with Crippen molar-refractivity contribution in [2.24, 2.45) is 0 Å². The number of benzene rings is 4. The third-order valence-corrected chi connectivity index (χ3v) is 8.18. The maximum atomic E-state index is 5.52. The smallest absolute Gasteiger partial charge is 0.118 e. The molecular weight excluding hydrogens is 516 g/mol. The van der Waals surface area contributed by atoms with Gasteiger partial charge in [0.05, 0.1) is 37.0 Å². The maximum absolute atomic E-state index is 5.52. The zero-order chi connectivity index (χ0) is 30.4. The summed E-state index contributed by atoms with van der Waals surface area (Å²) in [5.74, 6) is 1.68. The molecule has 0 aliphatic carbocycles. The molecule has 0 atom stereocenters. The molecule has 0 aliphatic rings. The topological polar surface area (TPSA) is 28.3 Å². The lowest BCUT2D eigenvalue weighted by atomic mass is 9.85. The highest BCUT2D eigenvalue weighted by Gasteiger charge is 2.29. The van der Waals surface area contributed by atoms with Crippen molar-refractivity contribution in [2.45, 2.75) is 66.2 Å². The Balaban J connectivity index is 1.91. The highest BCUT2D eigenvalue weighted by molar-refractivity contribution is 5.85. The second-order valence-corrected chi connectivity index (χ2v) is 13.3. The molecule has 1 aromatic heterocycles. The van der Waals surface area contributed by atoms with Crippen molar-refractivity contribution in [1.29, 1.82) is 0 Å². The highest BCUT2D eigenvalue weighted by atomic mass is 16.5. The van der Waals surface area contributed by atoms with Crippen molar-refractivity contribution in [3.05, 3.63) is 107 Å². The number of aryl methyl sites for hydroxylation is 2. The summed E-state index contributed by atoms with van der Waals surface area (Å²) in [6, 6.07) is 30.5. The van der Waals surface area contributed by atoms with Gasteiger partial charge in [-0.15, -0.1) is 0 Å². The lowest BCUT2D eigenvalue weighted by Gasteiger charge is -2.35. The molecule has 0 radical (unpaired) electrons. The van der Waals surface area contributed by atoms with E-state index in [4.69, 9.17) is 9.47 Å². The van der Waals surface area contributed by atoms with Gasteiger partial charge in [0.15, 0.2) is 0 Å². The SMILES string of the molecule is COc1ccc(-c2c(-c3ccc(OC)cc3)n(-c3cc(C(C)(C)C)ccc3C)n2-c2cc(C(C)(C)C)ccc2C)cc1. The van der Waals surface area contributed by atoms with Gasteiger partial charge >= 0.3 is 0 Å². The van der Waals surface area contributed by atoms with Gasteiger partial charge in [-0.1, -0.05) is 65.8 Å². The van der Waals surface area contributed by atoms with Gasteiger partial charge in [0.1, 0.15) is 11.5 Å². The summed E-state index contributed by atoms with van der Waals surface area (Å²) in [4.78, 5) is 0. The number of methoxy groups -OCH3 is 2. The zero-order valence-corrected chi connectivity index (χ0v) is 26.8. The lowest BCUT2D eigenvalue weighted by molar-refractivity contribution is 0.414. The average Bonchev–Trinajstić information content (AvgIpc) is 2.94. The quantitative estimate of drug-likeness (QED) is 0.207. The summed E-state index contributed by atoms with van der Waals surface area (Å²) >= 11 is 0. The van der Waals surface area contributed by atoms with Crippen LogP contribution in [0.3, 0.4) is 0 Å². The van der Waals surface area contributed by atoms with E-state index in [1.807, 2.05) is 24.3 Å². The van der Waals surface area contributed by atoms with Crippen molar-refractivity contribution < 1.29 is 9.47 Å². The Morgan fingerprint density at radius 3 is 1.10 bits per heavy atom. The van der Waals surface area contributed by atoms with E-state index in [-0.39, 0.29) is 10.8 Å². The van der Waals surface area contributed by atoms with Crippen LogP contribution >= 0.6 is 0 Å². The van der Waals surface area contributed by atoms with Crippen LogP contribution in [0.15, 0.2) is 84.9 Å². The normalized spacial score (nSPS) is 12.0. The summed E-state index contributed by atoms with van der Waals surface area (Å²) in [5.41, 5.74) is 12.0. The molecule has 4 heteroatoms. The molecule has 0 bridgehead atoms. The van der Waals surface area contributed by atoms with Gasteiger partial charge in [0.2, 0.25) is 0 Å². The van der Waals surface area contributed by atoms with Gasteiger partial charge in [-0.3, -0.25) is 0 Å². The van der Waals surface area contributed by atoms with Crippen LogP contribution in [0.5, 0.6) is 11.5 Å². The fourth-order valence-corrected chi connectivity index (χ4v) is 5.44. The third-order valence-electron chi connectivity index (χ3n) is 8.18. The van der Waals surface area contributed by atoms with E-state index in [0.717, 1.165) is 34.0 Å². The van der Waals surface area contributed by atoms with Crippen LogP contribution in [-0.4, -0.2) is 23.6 Å². The summed E-state index contributed by atoms with van der Waals surface area (Å²) in [6.07, 6.45) is 0. The number of aromatic nitrogens is 2. The predicted octanol–water partition coefficient (Wildman–Crippen LogP) is 9.83. The highest BCUT2D eigenvalue weighted by Crippen LogP contribution is 2.44. The van der Waals surface area contributed by atoms with Crippen LogP contribution < -0.4 is 9.47 Å². The summed E-state index contributed by atoms with van der Waals surface area (Å²) in [6.45, 7) is 18.0. The minimum atomic E-state index is 0.0169. The monoisotopic (exact) mass is 560 g/mol. The average molecular weight is 561 g/mol. The molecule has 4 aromatic carbocycles. The number of nitrogens with zero attached hydrogens (tertiary/aromatic N) is 2. The molecule has 42 heavy (non-hydrogen) atoms. The van der Waals surface area contributed by atoms with Crippen LogP contribution in [-0.2, 0) is 10.8 Å². The Morgan fingerprint density at radius 1 is 0.476 bits per heavy atom. The van der Waals surface area contributed by atoms with Gasteiger partial charge in [0.25, 0.3) is 0 Å². The van der Waals surface area contributed by atoms with Crippen LogP contribution in [0, 0.1) is 13.8 Å². The fraction of sp³-hybridized carbons (Fsp3) is 0.316. The second kappa shape index (κ2) is 10.9. The molecule has 4 nitrogen and oxygen atoms in total. The third kappa shape index (κ3) is 5.38. The van der Waals surface area contributed by atoms with E-state index in [1.54, 1.807) is 14.2 Å². The number of hydrogen-bond donors (Lipinski definition) is 0. The fourth-order valence-electron chi connectivity index (χ4n) is 5.44. The van der Waals surface area contributed by atoms with Gasteiger partial charge < -0.3 is 9.47 Å². The molecule has 0 saturated carbocycles. The molecule has 0 N–H and O–H groups in total. The van der Waals surface area contributed by atoms with Crippen LogP contribution in [0.1, 0.15) is 63.8 Å². The molecule has 1 heterocycles. The molecule has 0 fully saturated rings. The Bertz CT molecular complexity index is 1570. The molecule has 218 valence electrons. The van der Waals surface area contributed by atoms with Crippen molar-refractivity contribution in [3.63, 3.8) is 0 Å². The van der Waals surface area contributed by atoms with Crippen molar-refractivity contribution in [3.8, 4) is 45.4 Å². The van der Waals surface area contributed by atoms with Gasteiger partial charge in [-0.25, -0.2) is 9.36 Å². The first kappa shape index (κ1) is 29.3. The van der Waals surface area contributed by atoms with E-state index < -0.39 is 0 Å². The van der Waals surface area contributed by atoms with Gasteiger partial charge in [-0.05, 0) is 108 Å². The number of rotatable bonds is 6. The molecule has 0 spiro atoms. The van der Waals surface area contributed by atoms with Crippen LogP contribution in [0.25, 0.3) is 33.9 Å². The Kier molecular flexibility index (Phi) is 7.61. The Morgan fingerprint density at radius 2 is 0.810 bits per heavy atom. The zero-order valence-electron chi connectivity index (χ0n) is 26.8. The van der Waals surface area contributed by atoms with Gasteiger partial charge in [0, 0.05) is 11.1 Å². The van der Waals surface area contributed by atoms with Gasteiger partial charge in [-0.2, -0.15) is 0 Å². The number of hydrogen-bond acceptors (Lipinski definition) is 2. The van der Waals surface area contributed by atoms with E-state index >= 15 is 0 Å². The number of ether oxygens (including phenoxy) is 2. The minimum Gasteiger partial charge on any atom is -0.497 e. The largest absolute Gasteiger partial charge is 0.497 e. The van der Waals surface area contributed by atoms with E-state index in [0.29, 0.717) is 0 Å². The second-order valence-electron chi connectivity index (χ2n) is 13.3. The minimum absolute atomic E-state index is 0.0169. The first-order valence-corrected chi connectivity index (χ1v) is 14.7. The van der Waals surface area contributed by atoms with E-state index in [1.165, 1.54) is 33.6 Å². The predicted molar refractivity (Wildman–Crippen MR) is 176 cm³/mol. The standard InChI is InChI=1S/C38H44N2O2/c1-25-11-17-29(37(3,4)5)23-33(25)39-35(27-13-19-31(41-9)20-14-27)36(28-15-21-32(42-10)22-16-28)40(39)34-24-30(38(6,7)8)18-12-26(34)2/h11-24H,1-10H3. The van der Waals surface area contributed by atoms with E-state index in [9.17, 15) is 0 Å².